The number of amides is 1. The van der Waals surface area contributed by atoms with Gasteiger partial charge >= 0.3 is 6.18 Å². The number of carbonyl (C=O) groups is 1. The number of nitro groups is 1. The Morgan fingerprint density at radius 1 is 0.879 bits per heavy atom. The zero-order valence-electron chi connectivity index (χ0n) is 18.0. The Balaban J connectivity index is 1.64. The number of piperidine rings is 1. The summed E-state index contributed by atoms with van der Waals surface area (Å²) in [5.74, 6) is -0.692. The highest BCUT2D eigenvalue weighted by Gasteiger charge is 2.32. The minimum absolute atomic E-state index is 0.0206. The van der Waals surface area contributed by atoms with E-state index in [1.54, 1.807) is 6.07 Å². The fourth-order valence-electron chi connectivity index (χ4n) is 4.45. The molecular weight excluding hydrogens is 437 g/mol. The number of benzene rings is 2. The number of rotatable bonds is 5. The molecule has 2 aromatic rings. The molecule has 2 aromatic carbocycles. The van der Waals surface area contributed by atoms with Gasteiger partial charge in [0.2, 0.25) is 0 Å². The van der Waals surface area contributed by atoms with Gasteiger partial charge in [0.25, 0.3) is 11.6 Å². The number of carbonyl (C=O) groups excluding carboxylic acids is 1. The van der Waals surface area contributed by atoms with E-state index in [0.29, 0.717) is 37.6 Å². The van der Waals surface area contributed by atoms with Gasteiger partial charge in [-0.15, -0.1) is 0 Å². The second-order valence-corrected chi connectivity index (χ2v) is 8.39. The normalized spacial score (nSPS) is 16.7. The number of hydrogen-bond acceptors (Lipinski definition) is 5. The van der Waals surface area contributed by atoms with Gasteiger partial charge in [-0.2, -0.15) is 13.2 Å². The molecule has 33 heavy (non-hydrogen) atoms. The molecule has 0 atom stereocenters. The van der Waals surface area contributed by atoms with E-state index < -0.39 is 22.6 Å². The van der Waals surface area contributed by atoms with Gasteiger partial charge in [0, 0.05) is 37.8 Å². The van der Waals surface area contributed by atoms with E-state index in [0.717, 1.165) is 44.2 Å². The van der Waals surface area contributed by atoms with E-state index in [1.165, 1.54) is 18.2 Å². The molecular formula is C23H25F3N4O3. The second-order valence-electron chi connectivity index (χ2n) is 8.39. The third-order valence-electron chi connectivity index (χ3n) is 6.15. The molecule has 2 aliphatic heterocycles. The first-order chi connectivity index (χ1) is 15.7. The quantitative estimate of drug-likeness (QED) is 0.472. The van der Waals surface area contributed by atoms with Gasteiger partial charge in [0.15, 0.2) is 0 Å². The summed E-state index contributed by atoms with van der Waals surface area (Å²) in [4.78, 5) is 28.0. The highest BCUT2D eigenvalue weighted by Crippen LogP contribution is 2.37. The van der Waals surface area contributed by atoms with Gasteiger partial charge in [-0.25, -0.2) is 0 Å². The van der Waals surface area contributed by atoms with Crippen LogP contribution in [0.3, 0.4) is 0 Å². The van der Waals surface area contributed by atoms with Crippen LogP contribution in [0.15, 0.2) is 36.4 Å². The minimum Gasteiger partial charge on any atom is -0.370 e. The van der Waals surface area contributed by atoms with Gasteiger partial charge in [-0.3, -0.25) is 14.9 Å². The minimum atomic E-state index is -4.56. The average Bonchev–Trinajstić information content (AvgIpc) is 3.33. The van der Waals surface area contributed by atoms with E-state index >= 15 is 0 Å². The molecule has 2 fully saturated rings. The van der Waals surface area contributed by atoms with Crippen LogP contribution in [0.2, 0.25) is 0 Å². The molecule has 1 N–H and O–H groups in total. The first kappa shape index (κ1) is 22.9. The number of alkyl halides is 3. The third kappa shape index (κ3) is 5.04. The summed E-state index contributed by atoms with van der Waals surface area (Å²) in [5, 5.41) is 14.3. The van der Waals surface area contributed by atoms with E-state index in [9.17, 15) is 28.1 Å². The Kier molecular flexibility index (Phi) is 6.44. The van der Waals surface area contributed by atoms with E-state index in [4.69, 9.17) is 0 Å². The maximum absolute atomic E-state index is 13.3. The first-order valence-corrected chi connectivity index (χ1v) is 11.0. The zero-order valence-corrected chi connectivity index (χ0v) is 18.0. The predicted octanol–water partition coefficient (Wildman–Crippen LogP) is 5.46. The number of nitrogens with one attached hydrogen (secondary N) is 1. The molecule has 0 unspecified atom stereocenters. The summed E-state index contributed by atoms with van der Waals surface area (Å²) in [6.45, 7) is 2.78. The molecule has 0 spiro atoms. The van der Waals surface area contributed by atoms with Crippen molar-refractivity contribution in [1.82, 2.24) is 0 Å². The third-order valence-corrected chi connectivity index (χ3v) is 6.15. The Hall–Kier alpha value is -3.30. The number of halogens is 3. The van der Waals surface area contributed by atoms with Crippen LogP contribution in [0.4, 0.5) is 35.9 Å². The van der Waals surface area contributed by atoms with Crippen LogP contribution in [-0.2, 0) is 6.18 Å². The summed E-state index contributed by atoms with van der Waals surface area (Å²) < 4.78 is 39.9. The van der Waals surface area contributed by atoms with Crippen LogP contribution >= 0.6 is 0 Å². The van der Waals surface area contributed by atoms with Crippen LogP contribution in [0.5, 0.6) is 0 Å². The number of hydrogen-bond donors (Lipinski definition) is 1. The predicted molar refractivity (Wildman–Crippen MR) is 120 cm³/mol. The molecule has 0 saturated carbocycles. The average molecular weight is 462 g/mol. The van der Waals surface area contributed by atoms with Crippen molar-refractivity contribution in [3.05, 3.63) is 57.6 Å². The molecule has 2 aliphatic rings. The van der Waals surface area contributed by atoms with Crippen molar-refractivity contribution in [2.45, 2.75) is 38.3 Å². The molecule has 10 heteroatoms. The molecule has 0 radical (unpaired) electrons. The molecule has 2 heterocycles. The standard InChI is InChI=1S/C23H25F3N4O3/c24-23(25,26)17-7-9-19(28-12-4-5-13-28)18(15-17)27-22(31)16-6-8-20(21(14-16)30(32)33)29-10-2-1-3-11-29/h6-9,14-15H,1-5,10-13H2,(H,27,31). The summed E-state index contributed by atoms with van der Waals surface area (Å²) in [6, 6.07) is 7.51. The van der Waals surface area contributed by atoms with E-state index in [-0.39, 0.29) is 16.9 Å². The van der Waals surface area contributed by atoms with Crippen molar-refractivity contribution in [2.24, 2.45) is 0 Å². The van der Waals surface area contributed by atoms with Gasteiger partial charge in [0.05, 0.1) is 21.9 Å². The van der Waals surface area contributed by atoms with Crippen LogP contribution in [0, 0.1) is 10.1 Å². The highest BCUT2D eigenvalue weighted by molar-refractivity contribution is 6.06. The van der Waals surface area contributed by atoms with Crippen molar-refractivity contribution >= 4 is 28.7 Å². The summed E-state index contributed by atoms with van der Waals surface area (Å²) in [5.41, 5.74) is -0.0337. The lowest BCUT2D eigenvalue weighted by molar-refractivity contribution is -0.384. The summed E-state index contributed by atoms with van der Waals surface area (Å²) in [7, 11) is 0. The van der Waals surface area contributed by atoms with Crippen molar-refractivity contribution in [3.8, 4) is 0 Å². The lowest BCUT2D eigenvalue weighted by Gasteiger charge is -2.28. The monoisotopic (exact) mass is 462 g/mol. The Bertz CT molecular complexity index is 1050. The van der Waals surface area contributed by atoms with Crippen LogP contribution in [-0.4, -0.2) is 37.0 Å². The smallest absolute Gasteiger partial charge is 0.370 e. The molecule has 1 amide bonds. The largest absolute Gasteiger partial charge is 0.416 e. The van der Waals surface area contributed by atoms with Crippen molar-refractivity contribution in [1.29, 1.82) is 0 Å². The molecule has 176 valence electrons. The molecule has 2 saturated heterocycles. The summed E-state index contributed by atoms with van der Waals surface area (Å²) in [6.07, 6.45) is 0.221. The lowest BCUT2D eigenvalue weighted by Crippen LogP contribution is -2.30. The number of nitro benzene ring substituents is 1. The van der Waals surface area contributed by atoms with Crippen LogP contribution in [0.1, 0.15) is 48.0 Å². The van der Waals surface area contributed by atoms with Gasteiger partial charge < -0.3 is 15.1 Å². The van der Waals surface area contributed by atoms with Crippen molar-refractivity contribution < 1.29 is 22.9 Å². The van der Waals surface area contributed by atoms with Crippen LogP contribution < -0.4 is 15.1 Å². The topological polar surface area (TPSA) is 78.7 Å². The van der Waals surface area contributed by atoms with Crippen LogP contribution in [0.25, 0.3) is 0 Å². The fourth-order valence-corrected chi connectivity index (χ4v) is 4.45. The van der Waals surface area contributed by atoms with Gasteiger partial charge in [0.1, 0.15) is 5.69 Å². The molecule has 0 bridgehead atoms. The Labute approximate surface area is 189 Å². The van der Waals surface area contributed by atoms with Crippen molar-refractivity contribution in [2.75, 3.05) is 41.3 Å². The molecule has 4 rings (SSSR count). The van der Waals surface area contributed by atoms with Gasteiger partial charge in [-0.1, -0.05) is 0 Å². The van der Waals surface area contributed by atoms with Gasteiger partial charge in [-0.05, 0) is 62.4 Å². The highest BCUT2D eigenvalue weighted by atomic mass is 19.4. The van der Waals surface area contributed by atoms with Crippen molar-refractivity contribution in [3.63, 3.8) is 0 Å². The maximum atomic E-state index is 13.3. The fraction of sp³-hybridized carbons (Fsp3) is 0.435. The number of nitrogens with zero attached hydrogens (tertiary/aromatic N) is 3. The SMILES string of the molecule is O=C(Nc1cc(C(F)(F)F)ccc1N1CCCC1)c1ccc(N2CCCCC2)c([N+](=O)[O-])c1. The maximum Gasteiger partial charge on any atom is 0.416 e. The summed E-state index contributed by atoms with van der Waals surface area (Å²) >= 11 is 0. The van der Waals surface area contributed by atoms with E-state index in [1.807, 2.05) is 9.80 Å². The Morgan fingerprint density at radius 2 is 1.45 bits per heavy atom. The number of anilines is 3. The lowest BCUT2D eigenvalue weighted by atomic mass is 10.1. The molecule has 7 nitrogen and oxygen atoms in total. The second kappa shape index (κ2) is 9.29. The first-order valence-electron chi connectivity index (χ1n) is 11.0. The Morgan fingerprint density at radius 3 is 2.06 bits per heavy atom. The zero-order chi connectivity index (χ0) is 23.6. The molecule has 0 aromatic heterocycles. The van der Waals surface area contributed by atoms with E-state index in [2.05, 4.69) is 5.32 Å². The molecule has 0 aliphatic carbocycles.